The van der Waals surface area contributed by atoms with Gasteiger partial charge in [-0.3, -0.25) is 0 Å². The van der Waals surface area contributed by atoms with Crippen LogP contribution in [0.25, 0.3) is 0 Å². The summed E-state index contributed by atoms with van der Waals surface area (Å²) in [6.45, 7) is 8.09. The molecule has 3 N–H and O–H groups in total. The molecule has 1 aromatic heterocycles. The van der Waals surface area contributed by atoms with Crippen LogP contribution >= 0.6 is 11.6 Å². The lowest BCUT2D eigenvalue weighted by Crippen LogP contribution is -2.44. The number of carbonyl (C=O) groups is 2. The number of anilines is 1. The van der Waals surface area contributed by atoms with E-state index in [2.05, 4.69) is 10.3 Å². The lowest BCUT2D eigenvalue weighted by atomic mass is 10.0. The van der Waals surface area contributed by atoms with Gasteiger partial charge in [-0.2, -0.15) is 0 Å². The van der Waals surface area contributed by atoms with E-state index in [0.717, 1.165) is 0 Å². The van der Waals surface area contributed by atoms with Gasteiger partial charge in [-0.05, 0) is 40.5 Å². The van der Waals surface area contributed by atoms with Crippen LogP contribution < -0.4 is 5.32 Å². The molecule has 0 aromatic carbocycles. The van der Waals surface area contributed by atoms with Gasteiger partial charge >= 0.3 is 12.1 Å². The van der Waals surface area contributed by atoms with Crippen LogP contribution in [-0.2, 0) is 4.74 Å². The Kier molecular flexibility index (Phi) is 6.30. The number of carbonyl (C=O) groups excluding carboxylic acids is 1. The smallest absolute Gasteiger partial charge is 0.410 e. The molecule has 1 saturated heterocycles. The number of nitrogens with one attached hydrogen (secondary N) is 2. The van der Waals surface area contributed by atoms with E-state index in [4.69, 9.17) is 21.7 Å². The molecule has 2 heterocycles. The molecule has 0 atom stereocenters. The second kappa shape index (κ2) is 8.12. The summed E-state index contributed by atoms with van der Waals surface area (Å²) in [5.74, 6) is -0.805. The van der Waals surface area contributed by atoms with E-state index >= 15 is 0 Å². The number of ether oxygens (including phenoxy) is 1. The SMILES string of the molecule is CC(=N)c1c(NC2CCN(C(=O)OC(C)(C)C)CC2)ncc(C(=O)O)c1Cl. The van der Waals surface area contributed by atoms with Gasteiger partial charge in [-0.1, -0.05) is 11.6 Å². The number of aromatic carboxylic acids is 1. The number of amides is 1. The number of carboxylic acid groups (broad SMARTS) is 1. The molecule has 2 rings (SSSR count). The van der Waals surface area contributed by atoms with Crippen LogP contribution in [0.1, 0.15) is 56.5 Å². The summed E-state index contributed by atoms with van der Waals surface area (Å²) in [6.07, 6.45) is 2.21. The summed E-state index contributed by atoms with van der Waals surface area (Å²) in [5.41, 5.74) is -0.256. The first kappa shape index (κ1) is 21.0. The molecule has 9 heteroatoms. The number of hydrogen-bond acceptors (Lipinski definition) is 6. The van der Waals surface area contributed by atoms with Gasteiger partial charge < -0.3 is 25.5 Å². The van der Waals surface area contributed by atoms with Crippen LogP contribution in [0.2, 0.25) is 5.02 Å². The molecule has 0 spiro atoms. The van der Waals surface area contributed by atoms with Gasteiger partial charge in [0.15, 0.2) is 0 Å². The molecule has 8 nitrogen and oxygen atoms in total. The molecule has 148 valence electrons. The molecule has 1 aliphatic heterocycles. The van der Waals surface area contributed by atoms with E-state index in [9.17, 15) is 14.7 Å². The fourth-order valence-electron chi connectivity index (χ4n) is 2.82. The Labute approximate surface area is 163 Å². The number of piperidine rings is 1. The van der Waals surface area contributed by atoms with E-state index in [1.165, 1.54) is 13.1 Å². The van der Waals surface area contributed by atoms with Crippen LogP contribution in [0, 0.1) is 5.41 Å². The van der Waals surface area contributed by atoms with E-state index in [1.54, 1.807) is 4.90 Å². The van der Waals surface area contributed by atoms with Crippen molar-refractivity contribution in [3.8, 4) is 0 Å². The number of rotatable bonds is 4. The van der Waals surface area contributed by atoms with E-state index in [0.29, 0.717) is 31.7 Å². The third-order valence-corrected chi connectivity index (χ3v) is 4.50. The minimum absolute atomic E-state index is 0.00121. The van der Waals surface area contributed by atoms with Crippen molar-refractivity contribution in [1.29, 1.82) is 5.41 Å². The minimum Gasteiger partial charge on any atom is -0.478 e. The van der Waals surface area contributed by atoms with Crippen molar-refractivity contribution in [2.24, 2.45) is 0 Å². The molecule has 0 radical (unpaired) electrons. The number of nitrogens with zero attached hydrogens (tertiary/aromatic N) is 2. The number of likely N-dealkylation sites (tertiary alicyclic amines) is 1. The molecule has 27 heavy (non-hydrogen) atoms. The molecule has 0 aliphatic carbocycles. The van der Waals surface area contributed by atoms with Crippen molar-refractivity contribution in [2.75, 3.05) is 18.4 Å². The highest BCUT2D eigenvalue weighted by Gasteiger charge is 2.28. The third-order valence-electron chi connectivity index (χ3n) is 4.11. The largest absolute Gasteiger partial charge is 0.478 e. The average molecular weight is 397 g/mol. The highest BCUT2D eigenvalue weighted by atomic mass is 35.5. The predicted molar refractivity (Wildman–Crippen MR) is 103 cm³/mol. The van der Waals surface area contributed by atoms with Crippen molar-refractivity contribution in [1.82, 2.24) is 9.88 Å². The Bertz CT molecular complexity index is 752. The predicted octanol–water partition coefficient (Wildman–Crippen LogP) is 3.63. The van der Waals surface area contributed by atoms with Crippen LogP contribution in [0.15, 0.2) is 6.20 Å². The highest BCUT2D eigenvalue weighted by Crippen LogP contribution is 2.28. The Morgan fingerprint density at radius 2 is 1.96 bits per heavy atom. The van der Waals surface area contributed by atoms with Crippen molar-refractivity contribution >= 4 is 35.2 Å². The lowest BCUT2D eigenvalue weighted by Gasteiger charge is -2.34. The van der Waals surface area contributed by atoms with Crippen LogP contribution in [0.5, 0.6) is 0 Å². The Hall–Kier alpha value is -2.35. The molecule has 1 amide bonds. The molecule has 0 bridgehead atoms. The average Bonchev–Trinajstić information content (AvgIpc) is 2.53. The Balaban J connectivity index is 2.07. The summed E-state index contributed by atoms with van der Waals surface area (Å²) in [7, 11) is 0. The first-order chi connectivity index (χ1) is 12.5. The fourth-order valence-corrected chi connectivity index (χ4v) is 3.18. The number of aromatic nitrogens is 1. The van der Waals surface area contributed by atoms with Crippen LogP contribution in [-0.4, -0.2) is 57.5 Å². The van der Waals surface area contributed by atoms with Gasteiger partial charge in [0.25, 0.3) is 0 Å². The number of hydrogen-bond donors (Lipinski definition) is 3. The Morgan fingerprint density at radius 1 is 1.37 bits per heavy atom. The maximum Gasteiger partial charge on any atom is 0.410 e. The van der Waals surface area contributed by atoms with Crippen LogP contribution in [0.3, 0.4) is 0 Å². The zero-order valence-electron chi connectivity index (χ0n) is 15.9. The van der Waals surface area contributed by atoms with Crippen molar-refractivity contribution < 1.29 is 19.4 Å². The summed E-state index contributed by atoms with van der Waals surface area (Å²) in [5, 5.41) is 20.3. The topological polar surface area (TPSA) is 116 Å². The summed E-state index contributed by atoms with van der Waals surface area (Å²) in [4.78, 5) is 29.2. The second-order valence-electron chi connectivity index (χ2n) is 7.53. The standard InChI is InChI=1S/C18H25ClN4O4/c1-10(20)13-14(19)12(16(24)25)9-21-15(13)22-11-5-7-23(8-6-11)17(26)27-18(2,3)4/h9,11,20H,5-8H2,1-4H3,(H,21,22)(H,24,25). The van der Waals surface area contributed by atoms with Crippen molar-refractivity contribution in [3.05, 3.63) is 22.3 Å². The maximum atomic E-state index is 12.1. The fraction of sp³-hybridized carbons (Fsp3) is 0.556. The number of pyridine rings is 1. The van der Waals surface area contributed by atoms with Crippen molar-refractivity contribution in [3.63, 3.8) is 0 Å². The Morgan fingerprint density at radius 3 is 2.44 bits per heavy atom. The molecular formula is C18H25ClN4O4. The van der Waals surface area contributed by atoms with Gasteiger partial charge in [0.1, 0.15) is 11.4 Å². The van der Waals surface area contributed by atoms with E-state index in [-0.39, 0.29) is 34.0 Å². The molecule has 1 aromatic rings. The molecule has 0 unspecified atom stereocenters. The second-order valence-corrected chi connectivity index (χ2v) is 7.90. The normalized spacial score (nSPS) is 15.4. The summed E-state index contributed by atoms with van der Waals surface area (Å²) < 4.78 is 5.39. The van der Waals surface area contributed by atoms with E-state index < -0.39 is 11.6 Å². The summed E-state index contributed by atoms with van der Waals surface area (Å²) in [6, 6.07) is 0.0287. The van der Waals surface area contributed by atoms with Gasteiger partial charge in [0, 0.05) is 31.0 Å². The molecular weight excluding hydrogens is 372 g/mol. The number of carboxylic acids is 1. The van der Waals surface area contributed by atoms with Gasteiger partial charge in [-0.15, -0.1) is 0 Å². The zero-order chi connectivity index (χ0) is 20.4. The zero-order valence-corrected chi connectivity index (χ0v) is 16.7. The third kappa shape index (κ3) is 5.32. The van der Waals surface area contributed by atoms with E-state index in [1.807, 2.05) is 20.8 Å². The van der Waals surface area contributed by atoms with Crippen LogP contribution in [0.4, 0.5) is 10.6 Å². The highest BCUT2D eigenvalue weighted by molar-refractivity contribution is 6.37. The monoisotopic (exact) mass is 396 g/mol. The maximum absolute atomic E-state index is 12.1. The quantitative estimate of drug-likeness (QED) is 0.669. The molecule has 0 saturated carbocycles. The number of halogens is 1. The minimum atomic E-state index is -1.19. The lowest BCUT2D eigenvalue weighted by molar-refractivity contribution is 0.0210. The van der Waals surface area contributed by atoms with Gasteiger partial charge in [0.05, 0.1) is 16.1 Å². The molecule has 1 fully saturated rings. The first-order valence-electron chi connectivity index (χ1n) is 8.71. The van der Waals surface area contributed by atoms with Gasteiger partial charge in [0.2, 0.25) is 0 Å². The first-order valence-corrected chi connectivity index (χ1v) is 9.09. The van der Waals surface area contributed by atoms with Gasteiger partial charge in [-0.25, -0.2) is 14.6 Å². The van der Waals surface area contributed by atoms with Crippen molar-refractivity contribution in [2.45, 2.75) is 52.2 Å². The molecule has 1 aliphatic rings. The summed E-state index contributed by atoms with van der Waals surface area (Å²) >= 11 is 6.18.